The molecular formula is C11H18N4. The van der Waals surface area contributed by atoms with Crippen molar-refractivity contribution in [3.63, 3.8) is 0 Å². The Bertz CT molecular complexity index is 337. The lowest BCUT2D eigenvalue weighted by atomic mass is 10.2. The molecule has 1 aromatic rings. The van der Waals surface area contributed by atoms with Crippen LogP contribution in [0.5, 0.6) is 0 Å². The zero-order valence-corrected chi connectivity index (χ0v) is 9.24. The zero-order valence-electron chi connectivity index (χ0n) is 9.24. The number of hydrogen-bond acceptors (Lipinski definition) is 4. The minimum atomic E-state index is 0.540. The van der Waals surface area contributed by atoms with Gasteiger partial charge in [0.1, 0.15) is 5.82 Å². The first kappa shape index (κ1) is 10.4. The highest BCUT2D eigenvalue weighted by molar-refractivity contribution is 5.28. The highest BCUT2D eigenvalue weighted by Gasteiger charge is 2.15. The topological polar surface area (TPSA) is 55.0 Å². The van der Waals surface area contributed by atoms with E-state index in [1.807, 2.05) is 0 Å². The van der Waals surface area contributed by atoms with Crippen LogP contribution < -0.4 is 5.73 Å². The van der Waals surface area contributed by atoms with Crippen LogP contribution in [0, 0.1) is 0 Å². The largest absolute Gasteiger partial charge is 0.382 e. The van der Waals surface area contributed by atoms with Crippen LogP contribution in [0.4, 0.5) is 5.82 Å². The lowest BCUT2D eigenvalue weighted by Crippen LogP contribution is -2.27. The summed E-state index contributed by atoms with van der Waals surface area (Å²) in [6.45, 7) is 5.56. The van der Waals surface area contributed by atoms with E-state index in [1.54, 1.807) is 6.20 Å². The predicted molar refractivity (Wildman–Crippen MR) is 60.6 cm³/mol. The summed E-state index contributed by atoms with van der Waals surface area (Å²) >= 11 is 0. The van der Waals surface area contributed by atoms with Crippen molar-refractivity contribution in [1.82, 2.24) is 14.9 Å². The maximum atomic E-state index is 5.64. The molecule has 4 nitrogen and oxygen atoms in total. The van der Waals surface area contributed by atoms with Gasteiger partial charge in [0.05, 0.1) is 17.6 Å². The maximum Gasteiger partial charge on any atom is 0.142 e. The van der Waals surface area contributed by atoms with Gasteiger partial charge >= 0.3 is 0 Å². The molecule has 1 aliphatic heterocycles. The third-order valence-corrected chi connectivity index (χ3v) is 2.82. The van der Waals surface area contributed by atoms with Gasteiger partial charge in [0, 0.05) is 25.9 Å². The molecule has 0 radical (unpaired) electrons. The summed E-state index contributed by atoms with van der Waals surface area (Å²) in [5.41, 5.74) is 7.86. The number of nitrogens with zero attached hydrogens (tertiary/aromatic N) is 3. The number of nitrogen functional groups attached to an aromatic ring is 1. The van der Waals surface area contributed by atoms with Gasteiger partial charge in [-0.25, -0.2) is 4.98 Å². The Morgan fingerprint density at radius 2 is 2.07 bits per heavy atom. The van der Waals surface area contributed by atoms with Crippen molar-refractivity contribution in [2.24, 2.45) is 0 Å². The standard InChI is InChI=1S/C11H18N4/c1-2-5-15-6-3-9-10(4-7-15)14-11(12)8-13-9/h8H,2-7H2,1H3,(H2,12,14). The summed E-state index contributed by atoms with van der Waals surface area (Å²) in [6, 6.07) is 0. The van der Waals surface area contributed by atoms with Crippen LogP contribution in [0.25, 0.3) is 0 Å². The average Bonchev–Trinajstić information content (AvgIpc) is 2.42. The third kappa shape index (κ3) is 2.45. The fraction of sp³-hybridized carbons (Fsp3) is 0.636. The second kappa shape index (κ2) is 4.57. The number of nitrogens with two attached hydrogens (primary N) is 1. The van der Waals surface area contributed by atoms with E-state index in [-0.39, 0.29) is 0 Å². The van der Waals surface area contributed by atoms with E-state index >= 15 is 0 Å². The molecule has 4 heteroatoms. The fourth-order valence-corrected chi connectivity index (χ4v) is 2.06. The lowest BCUT2D eigenvalue weighted by molar-refractivity contribution is 0.287. The molecule has 2 rings (SSSR count). The molecule has 1 aliphatic rings. The second-order valence-electron chi connectivity index (χ2n) is 4.03. The molecule has 0 saturated heterocycles. The third-order valence-electron chi connectivity index (χ3n) is 2.82. The molecule has 0 fully saturated rings. The molecule has 2 N–H and O–H groups in total. The second-order valence-corrected chi connectivity index (χ2v) is 4.03. The molecule has 0 bridgehead atoms. The first-order chi connectivity index (χ1) is 7.29. The van der Waals surface area contributed by atoms with E-state index < -0.39 is 0 Å². The molecule has 15 heavy (non-hydrogen) atoms. The predicted octanol–water partition coefficient (Wildman–Crippen LogP) is 0.869. The number of fused-ring (bicyclic) bond motifs is 1. The van der Waals surface area contributed by atoms with Crippen molar-refractivity contribution < 1.29 is 0 Å². The van der Waals surface area contributed by atoms with Crippen molar-refractivity contribution in [3.05, 3.63) is 17.6 Å². The lowest BCUT2D eigenvalue weighted by Gasteiger charge is -2.17. The Morgan fingerprint density at radius 1 is 1.33 bits per heavy atom. The van der Waals surface area contributed by atoms with Crippen LogP contribution >= 0.6 is 0 Å². The van der Waals surface area contributed by atoms with Gasteiger partial charge in [-0.05, 0) is 13.0 Å². The van der Waals surface area contributed by atoms with E-state index in [0.717, 1.165) is 37.3 Å². The van der Waals surface area contributed by atoms with Crippen LogP contribution in [0.3, 0.4) is 0 Å². The van der Waals surface area contributed by atoms with Crippen molar-refractivity contribution in [3.8, 4) is 0 Å². The highest BCUT2D eigenvalue weighted by Crippen LogP contribution is 2.12. The molecule has 1 aromatic heterocycles. The van der Waals surface area contributed by atoms with E-state index in [0.29, 0.717) is 5.82 Å². The molecule has 0 aliphatic carbocycles. The zero-order chi connectivity index (χ0) is 10.7. The highest BCUT2D eigenvalue weighted by atomic mass is 15.1. The van der Waals surface area contributed by atoms with Crippen molar-refractivity contribution >= 4 is 5.82 Å². The van der Waals surface area contributed by atoms with Crippen LogP contribution in [0.1, 0.15) is 24.7 Å². The van der Waals surface area contributed by atoms with Gasteiger partial charge in [0.2, 0.25) is 0 Å². The molecule has 0 atom stereocenters. The van der Waals surface area contributed by atoms with Crippen LogP contribution in [0.2, 0.25) is 0 Å². The monoisotopic (exact) mass is 206 g/mol. The Morgan fingerprint density at radius 3 is 2.80 bits per heavy atom. The van der Waals surface area contributed by atoms with Crippen LogP contribution in [-0.4, -0.2) is 34.5 Å². The fourth-order valence-electron chi connectivity index (χ4n) is 2.06. The summed E-state index contributed by atoms with van der Waals surface area (Å²) in [7, 11) is 0. The van der Waals surface area contributed by atoms with E-state index in [1.165, 1.54) is 13.0 Å². The van der Waals surface area contributed by atoms with Crippen molar-refractivity contribution in [2.45, 2.75) is 26.2 Å². The molecule has 0 unspecified atom stereocenters. The van der Waals surface area contributed by atoms with Crippen molar-refractivity contribution in [1.29, 1.82) is 0 Å². The molecule has 0 aromatic carbocycles. The van der Waals surface area contributed by atoms with Gasteiger partial charge in [-0.3, -0.25) is 4.98 Å². The summed E-state index contributed by atoms with van der Waals surface area (Å²) in [4.78, 5) is 11.2. The number of anilines is 1. The SMILES string of the molecule is CCCN1CCc2ncc(N)nc2CC1. The Kier molecular flexibility index (Phi) is 3.16. The van der Waals surface area contributed by atoms with Crippen LogP contribution in [-0.2, 0) is 12.8 Å². The van der Waals surface area contributed by atoms with Gasteiger partial charge in [0.25, 0.3) is 0 Å². The summed E-state index contributed by atoms with van der Waals surface area (Å²) in [5, 5.41) is 0. The Labute approximate surface area is 90.5 Å². The van der Waals surface area contributed by atoms with E-state index in [2.05, 4.69) is 21.8 Å². The van der Waals surface area contributed by atoms with Gasteiger partial charge < -0.3 is 10.6 Å². The van der Waals surface area contributed by atoms with E-state index in [4.69, 9.17) is 5.73 Å². The Hall–Kier alpha value is -1.16. The maximum absolute atomic E-state index is 5.64. The average molecular weight is 206 g/mol. The minimum Gasteiger partial charge on any atom is -0.382 e. The van der Waals surface area contributed by atoms with Gasteiger partial charge in [0.15, 0.2) is 0 Å². The van der Waals surface area contributed by atoms with Gasteiger partial charge in [-0.2, -0.15) is 0 Å². The number of aromatic nitrogens is 2. The van der Waals surface area contributed by atoms with Gasteiger partial charge in [-0.15, -0.1) is 0 Å². The number of hydrogen-bond donors (Lipinski definition) is 1. The first-order valence-electron chi connectivity index (χ1n) is 5.62. The first-order valence-corrected chi connectivity index (χ1v) is 5.62. The molecule has 0 spiro atoms. The molecule has 0 saturated carbocycles. The molecular weight excluding hydrogens is 188 g/mol. The summed E-state index contributed by atoms with van der Waals surface area (Å²) in [5.74, 6) is 0.540. The number of rotatable bonds is 2. The quantitative estimate of drug-likeness (QED) is 0.780. The molecule has 0 amide bonds. The van der Waals surface area contributed by atoms with Crippen molar-refractivity contribution in [2.75, 3.05) is 25.4 Å². The van der Waals surface area contributed by atoms with E-state index in [9.17, 15) is 0 Å². The van der Waals surface area contributed by atoms with Crippen LogP contribution in [0.15, 0.2) is 6.20 Å². The van der Waals surface area contributed by atoms with Gasteiger partial charge in [-0.1, -0.05) is 6.92 Å². The Balaban J connectivity index is 2.11. The molecule has 2 heterocycles. The normalized spacial score (nSPS) is 17.1. The smallest absolute Gasteiger partial charge is 0.142 e. The summed E-state index contributed by atoms with van der Waals surface area (Å²) in [6.07, 6.45) is 4.85. The summed E-state index contributed by atoms with van der Waals surface area (Å²) < 4.78 is 0. The minimum absolute atomic E-state index is 0.540. The molecule has 82 valence electrons.